The van der Waals surface area contributed by atoms with Crippen molar-refractivity contribution in [2.75, 3.05) is 56.9 Å². The van der Waals surface area contributed by atoms with Gasteiger partial charge in [-0.2, -0.15) is 0 Å². The van der Waals surface area contributed by atoms with Crippen LogP contribution < -0.4 is 47.4 Å². The monoisotopic (exact) mass is 814 g/mol. The summed E-state index contributed by atoms with van der Waals surface area (Å²) in [6, 6.07) is 35.8. The molecule has 0 N–H and O–H groups in total. The van der Waals surface area contributed by atoms with Crippen LogP contribution in [0.4, 0.5) is 0 Å². The van der Waals surface area contributed by atoms with Crippen LogP contribution in [0.3, 0.4) is 0 Å². The van der Waals surface area contributed by atoms with Crippen molar-refractivity contribution in [1.29, 1.82) is 0 Å². The van der Waals surface area contributed by atoms with Gasteiger partial charge in [-0.3, -0.25) is 0 Å². The minimum Gasteiger partial charge on any atom is -0.497 e. The molecule has 0 fully saturated rings. The van der Waals surface area contributed by atoms with Gasteiger partial charge in [0.25, 0.3) is 0 Å². The van der Waals surface area contributed by atoms with Crippen LogP contribution in [-0.4, -0.2) is 56.9 Å². The van der Waals surface area contributed by atoms with E-state index in [0.717, 1.165) is 94.9 Å². The largest absolute Gasteiger partial charge is 0.497 e. The maximum atomic E-state index is 6.57. The Hall–Kier alpha value is -6.68. The van der Waals surface area contributed by atoms with Gasteiger partial charge in [-0.1, -0.05) is 36.4 Å². The molecule has 60 heavy (non-hydrogen) atoms. The van der Waals surface area contributed by atoms with Crippen LogP contribution in [0.15, 0.2) is 109 Å². The van der Waals surface area contributed by atoms with E-state index >= 15 is 0 Å². The molecule has 0 saturated carbocycles. The Labute approximate surface area is 353 Å². The fraction of sp³-hybridized carbons (Fsp3) is 0.280. The highest BCUT2D eigenvalue weighted by Crippen LogP contribution is 2.43. The summed E-state index contributed by atoms with van der Waals surface area (Å²) in [5, 5.41) is 0. The van der Waals surface area contributed by atoms with Gasteiger partial charge >= 0.3 is 0 Å². The maximum Gasteiger partial charge on any atom is 0.170 e. The molecule has 0 unspecified atom stereocenters. The maximum absolute atomic E-state index is 6.57. The topological polar surface area (TPSA) is 92.3 Å². The fourth-order valence-electron chi connectivity index (χ4n) is 7.07. The Morgan fingerprint density at radius 3 is 0.983 bits per heavy atom. The number of rotatable bonds is 21. The first-order chi connectivity index (χ1) is 29.3. The van der Waals surface area contributed by atoms with Gasteiger partial charge in [0, 0.05) is 12.1 Å². The summed E-state index contributed by atoms with van der Waals surface area (Å²) < 4.78 is 58.5. The van der Waals surface area contributed by atoms with Gasteiger partial charge in [0.2, 0.25) is 0 Å². The van der Waals surface area contributed by atoms with Crippen LogP contribution in [0.2, 0.25) is 0 Å². The van der Waals surface area contributed by atoms with Crippen molar-refractivity contribution in [2.45, 2.75) is 38.5 Å². The molecule has 0 heterocycles. The predicted octanol–water partition coefficient (Wildman–Crippen LogP) is 10.7. The standard InChI is InChI=1S/C50H54O10/c1-51-39-13-9-11-33(25-39)17-21-37-29-49(45(57-7)31-43(37)55-5)59-47-27-35(19-23-41(47)53-3)15-16-36-20-24-42(54-4)48(28-36)60-50-30-38(44(56-6)32-46(50)58-8)22-18-34-12-10-14-40(26-34)52-2/h9-14,19-20,23-32H,15-18,21-22H2,1-8H3. The molecular weight excluding hydrogens is 761 g/mol. The number of benzene rings is 6. The molecule has 10 heteroatoms. The molecule has 0 aliphatic carbocycles. The fourth-order valence-corrected chi connectivity index (χ4v) is 7.07. The summed E-state index contributed by atoms with van der Waals surface area (Å²) in [7, 11) is 13.2. The SMILES string of the molecule is COc1cccc(CCc2cc(Oc3cc(CCc4ccc(OC)c(Oc5cc(CCc6cccc(OC)c6)c(OC)cc5OC)c4)ccc3OC)c(OC)cc2OC)c1. The second-order valence-electron chi connectivity index (χ2n) is 14.0. The molecule has 6 rings (SSSR count). The van der Waals surface area contributed by atoms with E-state index in [2.05, 4.69) is 12.1 Å². The van der Waals surface area contributed by atoms with Crippen molar-refractivity contribution in [3.63, 3.8) is 0 Å². The van der Waals surface area contributed by atoms with Crippen molar-refractivity contribution in [1.82, 2.24) is 0 Å². The van der Waals surface area contributed by atoms with Crippen LogP contribution in [0.1, 0.15) is 33.4 Å². The van der Waals surface area contributed by atoms with Crippen molar-refractivity contribution in [3.05, 3.63) is 143 Å². The molecule has 6 aromatic rings. The summed E-state index contributed by atoms with van der Waals surface area (Å²) in [5.41, 5.74) is 6.41. The first-order valence-electron chi connectivity index (χ1n) is 19.8. The molecule has 0 radical (unpaired) electrons. The van der Waals surface area contributed by atoms with E-state index in [1.807, 2.05) is 97.1 Å². The smallest absolute Gasteiger partial charge is 0.170 e. The van der Waals surface area contributed by atoms with Gasteiger partial charge in [0.15, 0.2) is 46.0 Å². The lowest BCUT2D eigenvalue weighted by atomic mass is 10.0. The van der Waals surface area contributed by atoms with Gasteiger partial charge in [-0.15, -0.1) is 0 Å². The predicted molar refractivity (Wildman–Crippen MR) is 233 cm³/mol. The van der Waals surface area contributed by atoms with Crippen molar-refractivity contribution in [2.24, 2.45) is 0 Å². The molecule has 10 nitrogen and oxygen atoms in total. The number of hydrogen-bond donors (Lipinski definition) is 0. The molecule has 0 bridgehead atoms. The number of ether oxygens (including phenoxy) is 10. The van der Waals surface area contributed by atoms with Crippen molar-refractivity contribution < 1.29 is 47.4 Å². The molecule has 314 valence electrons. The quantitative estimate of drug-likeness (QED) is 0.0699. The van der Waals surface area contributed by atoms with Gasteiger partial charge in [0.1, 0.15) is 23.0 Å². The molecular formula is C50H54O10. The summed E-state index contributed by atoms with van der Waals surface area (Å²) in [6.45, 7) is 0. The molecule has 0 saturated heterocycles. The Morgan fingerprint density at radius 1 is 0.267 bits per heavy atom. The highest BCUT2D eigenvalue weighted by molar-refractivity contribution is 5.56. The zero-order valence-electron chi connectivity index (χ0n) is 35.7. The third-order valence-electron chi connectivity index (χ3n) is 10.4. The molecule has 0 amide bonds. The molecule has 6 aromatic carbocycles. The third kappa shape index (κ3) is 10.7. The average molecular weight is 815 g/mol. The highest BCUT2D eigenvalue weighted by Gasteiger charge is 2.19. The summed E-state index contributed by atoms with van der Waals surface area (Å²) >= 11 is 0. The molecule has 0 aliphatic heterocycles. The van der Waals surface area contributed by atoms with E-state index in [-0.39, 0.29) is 0 Å². The Bertz CT molecular complexity index is 2190. The number of methoxy groups -OCH3 is 8. The van der Waals surface area contributed by atoms with Crippen LogP contribution in [0, 0.1) is 0 Å². The van der Waals surface area contributed by atoms with E-state index < -0.39 is 0 Å². The summed E-state index contributed by atoms with van der Waals surface area (Å²) in [6.07, 6.45) is 4.46. The van der Waals surface area contributed by atoms with Crippen LogP contribution in [0.5, 0.6) is 69.0 Å². The Morgan fingerprint density at radius 2 is 0.617 bits per heavy atom. The van der Waals surface area contributed by atoms with E-state index in [9.17, 15) is 0 Å². The van der Waals surface area contributed by atoms with Crippen molar-refractivity contribution >= 4 is 0 Å². The molecule has 0 aromatic heterocycles. The summed E-state index contributed by atoms with van der Waals surface area (Å²) in [5.74, 6) is 7.67. The zero-order valence-corrected chi connectivity index (χ0v) is 35.7. The lowest BCUT2D eigenvalue weighted by Gasteiger charge is -2.18. The molecule has 0 spiro atoms. The normalized spacial score (nSPS) is 10.7. The van der Waals surface area contributed by atoms with Gasteiger partial charge in [-0.05, 0) is 133 Å². The van der Waals surface area contributed by atoms with Gasteiger partial charge < -0.3 is 47.4 Å². The van der Waals surface area contributed by atoms with E-state index in [0.29, 0.717) is 46.0 Å². The number of aryl methyl sites for hydroxylation is 6. The van der Waals surface area contributed by atoms with Crippen LogP contribution in [-0.2, 0) is 38.5 Å². The van der Waals surface area contributed by atoms with E-state index in [4.69, 9.17) is 47.4 Å². The number of hydrogen-bond acceptors (Lipinski definition) is 10. The van der Waals surface area contributed by atoms with Crippen LogP contribution in [0.25, 0.3) is 0 Å². The average Bonchev–Trinajstić information content (AvgIpc) is 3.29. The second kappa shape index (κ2) is 20.8. The zero-order chi connectivity index (χ0) is 42.4. The first-order valence-corrected chi connectivity index (χ1v) is 19.8. The minimum absolute atomic E-state index is 0.549. The Kier molecular flexibility index (Phi) is 14.9. The van der Waals surface area contributed by atoms with E-state index in [1.165, 1.54) is 0 Å². The Balaban J connectivity index is 1.20. The highest BCUT2D eigenvalue weighted by atomic mass is 16.5. The lowest BCUT2D eigenvalue weighted by molar-refractivity contribution is 0.350. The van der Waals surface area contributed by atoms with E-state index in [1.54, 1.807) is 56.9 Å². The first kappa shape index (κ1) is 42.9. The second-order valence-corrected chi connectivity index (χ2v) is 14.0. The lowest BCUT2D eigenvalue weighted by Crippen LogP contribution is -2.01. The molecule has 0 atom stereocenters. The third-order valence-corrected chi connectivity index (χ3v) is 10.4. The molecule has 0 aliphatic rings. The van der Waals surface area contributed by atoms with Gasteiger partial charge in [0.05, 0.1) is 56.9 Å². The summed E-state index contributed by atoms with van der Waals surface area (Å²) in [4.78, 5) is 0. The van der Waals surface area contributed by atoms with Crippen LogP contribution >= 0.6 is 0 Å². The van der Waals surface area contributed by atoms with Crippen molar-refractivity contribution in [3.8, 4) is 69.0 Å². The van der Waals surface area contributed by atoms with Gasteiger partial charge in [-0.25, -0.2) is 0 Å². The minimum atomic E-state index is 0.549.